The van der Waals surface area contributed by atoms with Crippen molar-refractivity contribution in [1.29, 1.82) is 0 Å². The topological polar surface area (TPSA) is 37.4 Å². The van der Waals surface area contributed by atoms with Gasteiger partial charge in [-0.3, -0.25) is 0 Å². The first-order chi connectivity index (χ1) is 11.3. The Morgan fingerprint density at radius 2 is 1.88 bits per heavy atom. The molecule has 2 aromatic rings. The van der Waals surface area contributed by atoms with Gasteiger partial charge in [-0.1, -0.05) is 47.0 Å². The van der Waals surface area contributed by atoms with Crippen LogP contribution >= 0.6 is 35.0 Å². The summed E-state index contributed by atoms with van der Waals surface area (Å²) in [5, 5.41) is 0.693. The fourth-order valence-corrected chi connectivity index (χ4v) is 6.92. The Balaban J connectivity index is 2.03. The number of rotatable bonds is 3. The summed E-state index contributed by atoms with van der Waals surface area (Å²) in [6.45, 7) is 4.24. The van der Waals surface area contributed by atoms with E-state index in [0.29, 0.717) is 21.5 Å². The van der Waals surface area contributed by atoms with Crippen LogP contribution in [-0.4, -0.2) is 25.0 Å². The van der Waals surface area contributed by atoms with Gasteiger partial charge >= 0.3 is 0 Å². The average Bonchev–Trinajstić information content (AvgIpc) is 2.96. The van der Waals surface area contributed by atoms with Gasteiger partial charge in [-0.05, 0) is 43.2 Å². The van der Waals surface area contributed by atoms with Crippen LogP contribution in [0.1, 0.15) is 22.1 Å². The highest BCUT2D eigenvalue weighted by Gasteiger charge is 2.38. The van der Waals surface area contributed by atoms with Crippen LogP contribution in [0, 0.1) is 13.8 Å². The molecule has 0 radical (unpaired) electrons. The van der Waals surface area contributed by atoms with Gasteiger partial charge in [0, 0.05) is 22.3 Å². The Morgan fingerprint density at radius 3 is 2.54 bits per heavy atom. The fourth-order valence-electron chi connectivity index (χ4n) is 2.86. The summed E-state index contributed by atoms with van der Waals surface area (Å²) in [5.41, 5.74) is 2.57. The Kier molecular flexibility index (Phi) is 5.19. The molecule has 3 nitrogen and oxygen atoms in total. The predicted octanol–water partition coefficient (Wildman–Crippen LogP) is 5.05. The largest absolute Gasteiger partial charge is 0.244 e. The van der Waals surface area contributed by atoms with E-state index in [4.69, 9.17) is 23.2 Å². The molecule has 0 aromatic heterocycles. The Morgan fingerprint density at radius 1 is 1.12 bits per heavy atom. The summed E-state index contributed by atoms with van der Waals surface area (Å²) in [4.78, 5) is 0.352. The molecule has 1 saturated heterocycles. The van der Waals surface area contributed by atoms with E-state index in [0.717, 1.165) is 22.4 Å². The van der Waals surface area contributed by atoms with Gasteiger partial charge in [-0.15, -0.1) is 11.8 Å². The minimum absolute atomic E-state index is 0.333. The van der Waals surface area contributed by atoms with Crippen LogP contribution in [0.15, 0.2) is 41.3 Å². The minimum Gasteiger partial charge on any atom is -0.207 e. The fraction of sp³-hybridized carbons (Fsp3) is 0.294. The highest BCUT2D eigenvalue weighted by Crippen LogP contribution is 2.44. The van der Waals surface area contributed by atoms with Crippen LogP contribution in [0.2, 0.25) is 10.0 Å². The Bertz CT molecular complexity index is 884. The number of aryl methyl sites for hydroxylation is 2. The van der Waals surface area contributed by atoms with Gasteiger partial charge < -0.3 is 0 Å². The number of thioether (sulfide) groups is 1. The lowest BCUT2D eigenvalue weighted by atomic mass is 10.2. The molecule has 1 aliphatic heterocycles. The van der Waals surface area contributed by atoms with Crippen LogP contribution in [0.3, 0.4) is 0 Å². The summed E-state index contributed by atoms with van der Waals surface area (Å²) < 4.78 is 27.9. The molecule has 24 heavy (non-hydrogen) atoms. The second-order valence-electron chi connectivity index (χ2n) is 5.77. The van der Waals surface area contributed by atoms with Crippen LogP contribution in [0.25, 0.3) is 0 Å². The lowest BCUT2D eigenvalue weighted by molar-refractivity contribution is 0.434. The molecule has 1 fully saturated rings. The second kappa shape index (κ2) is 6.89. The molecule has 0 saturated carbocycles. The number of sulfonamides is 1. The van der Waals surface area contributed by atoms with E-state index in [2.05, 4.69) is 0 Å². The van der Waals surface area contributed by atoms with Gasteiger partial charge in [-0.25, -0.2) is 8.42 Å². The molecular formula is C17H17Cl2NO2S2. The zero-order valence-electron chi connectivity index (χ0n) is 13.3. The molecule has 1 unspecified atom stereocenters. The Hall–Kier alpha value is -0.720. The zero-order valence-corrected chi connectivity index (χ0v) is 16.4. The van der Waals surface area contributed by atoms with Crippen LogP contribution in [-0.2, 0) is 10.0 Å². The molecule has 2 aromatic carbocycles. The summed E-state index contributed by atoms with van der Waals surface area (Å²) in [6, 6.07) is 10.6. The molecule has 0 spiro atoms. The van der Waals surface area contributed by atoms with E-state index in [1.54, 1.807) is 36.0 Å². The molecule has 0 amide bonds. The maximum Gasteiger partial charge on any atom is 0.244 e. The molecule has 1 aliphatic rings. The maximum absolute atomic E-state index is 13.2. The van der Waals surface area contributed by atoms with Gasteiger partial charge in [0.25, 0.3) is 0 Å². The maximum atomic E-state index is 13.2. The van der Waals surface area contributed by atoms with E-state index in [1.165, 1.54) is 4.31 Å². The predicted molar refractivity (Wildman–Crippen MR) is 101 cm³/mol. The van der Waals surface area contributed by atoms with Crippen molar-refractivity contribution in [2.24, 2.45) is 0 Å². The third kappa shape index (κ3) is 3.33. The Labute approximate surface area is 157 Å². The third-order valence-electron chi connectivity index (χ3n) is 3.99. The van der Waals surface area contributed by atoms with Crippen LogP contribution < -0.4 is 0 Å². The van der Waals surface area contributed by atoms with Crippen LogP contribution in [0.5, 0.6) is 0 Å². The molecule has 0 bridgehead atoms. The van der Waals surface area contributed by atoms with Crippen molar-refractivity contribution < 1.29 is 8.42 Å². The van der Waals surface area contributed by atoms with E-state index < -0.39 is 10.0 Å². The smallest absolute Gasteiger partial charge is 0.207 e. The number of benzene rings is 2. The second-order valence-corrected chi connectivity index (χ2v) is 9.66. The molecule has 7 heteroatoms. The first-order valence-electron chi connectivity index (χ1n) is 7.46. The highest BCUT2D eigenvalue weighted by molar-refractivity contribution is 8.01. The summed E-state index contributed by atoms with van der Waals surface area (Å²) in [5.74, 6) is 0.730. The van der Waals surface area contributed by atoms with Crippen molar-refractivity contribution in [3.8, 4) is 0 Å². The van der Waals surface area contributed by atoms with E-state index >= 15 is 0 Å². The molecule has 1 heterocycles. The highest BCUT2D eigenvalue weighted by atomic mass is 35.5. The number of halogens is 2. The number of nitrogens with zero attached hydrogens (tertiary/aromatic N) is 1. The molecule has 1 atom stereocenters. The van der Waals surface area contributed by atoms with E-state index in [1.807, 2.05) is 26.0 Å². The van der Waals surface area contributed by atoms with Crippen molar-refractivity contribution in [3.05, 3.63) is 63.1 Å². The minimum atomic E-state index is -3.59. The number of hydrogen-bond acceptors (Lipinski definition) is 3. The molecule has 0 N–H and O–H groups in total. The standard InChI is InChI=1S/C17H17Cl2NO2S2/c1-11-3-6-16(12(2)9-11)24(21,22)20-7-8-23-17(20)14-5-4-13(18)10-15(14)19/h3-6,9-10,17H,7-8H2,1-2H3. The van der Waals surface area contributed by atoms with E-state index in [-0.39, 0.29) is 5.37 Å². The third-order valence-corrected chi connectivity index (χ3v) is 7.96. The van der Waals surface area contributed by atoms with Gasteiger partial charge in [0.2, 0.25) is 10.0 Å². The van der Waals surface area contributed by atoms with Crippen molar-refractivity contribution in [2.45, 2.75) is 24.1 Å². The molecule has 3 rings (SSSR count). The lowest BCUT2D eigenvalue weighted by Crippen LogP contribution is -2.31. The van der Waals surface area contributed by atoms with Crippen molar-refractivity contribution in [2.75, 3.05) is 12.3 Å². The first kappa shape index (κ1) is 18.1. The van der Waals surface area contributed by atoms with Crippen molar-refractivity contribution in [1.82, 2.24) is 4.31 Å². The summed E-state index contributed by atoms with van der Waals surface area (Å²) in [6.07, 6.45) is 0. The van der Waals surface area contributed by atoms with Crippen molar-refractivity contribution >= 4 is 45.0 Å². The van der Waals surface area contributed by atoms with E-state index in [9.17, 15) is 8.42 Å². The van der Waals surface area contributed by atoms with Crippen LogP contribution in [0.4, 0.5) is 0 Å². The molecule has 128 valence electrons. The number of hydrogen-bond donors (Lipinski definition) is 0. The molecule has 0 aliphatic carbocycles. The summed E-state index contributed by atoms with van der Waals surface area (Å²) >= 11 is 13.8. The first-order valence-corrected chi connectivity index (χ1v) is 10.7. The van der Waals surface area contributed by atoms with Crippen molar-refractivity contribution in [3.63, 3.8) is 0 Å². The average molecular weight is 402 g/mol. The monoisotopic (exact) mass is 401 g/mol. The zero-order chi connectivity index (χ0) is 17.5. The normalized spacial score (nSPS) is 18.9. The van der Waals surface area contributed by atoms with Gasteiger partial charge in [-0.2, -0.15) is 4.31 Å². The summed E-state index contributed by atoms with van der Waals surface area (Å²) in [7, 11) is -3.59. The van der Waals surface area contributed by atoms with Gasteiger partial charge in [0.05, 0.1) is 10.3 Å². The quantitative estimate of drug-likeness (QED) is 0.721. The SMILES string of the molecule is Cc1ccc(S(=O)(=O)N2CCSC2c2ccc(Cl)cc2Cl)c(C)c1. The lowest BCUT2D eigenvalue weighted by Gasteiger charge is -2.25. The van der Waals surface area contributed by atoms with Gasteiger partial charge in [0.1, 0.15) is 0 Å². The van der Waals surface area contributed by atoms with Gasteiger partial charge in [0.15, 0.2) is 0 Å². The molecular weight excluding hydrogens is 385 g/mol.